The molecule has 2 aromatic rings. The van der Waals surface area contributed by atoms with Gasteiger partial charge in [-0.3, -0.25) is 24.1 Å². The van der Waals surface area contributed by atoms with Crippen LogP contribution in [0.1, 0.15) is 59.4 Å². The third kappa shape index (κ3) is 4.99. The Morgan fingerprint density at radius 2 is 1.59 bits per heavy atom. The number of carboxylic acid groups (broad SMARTS) is 1. The van der Waals surface area contributed by atoms with Crippen LogP contribution in [-0.4, -0.2) is 58.2 Å². The molecule has 2 aliphatic heterocycles. The smallest absolute Gasteiger partial charge is 0.307 e. The molecule has 0 spiro atoms. The van der Waals surface area contributed by atoms with Gasteiger partial charge >= 0.3 is 5.97 Å². The fourth-order valence-corrected chi connectivity index (χ4v) is 5.74. The van der Waals surface area contributed by atoms with Crippen molar-refractivity contribution in [2.45, 2.75) is 39.5 Å². The van der Waals surface area contributed by atoms with E-state index in [2.05, 4.69) is 0 Å². The highest BCUT2D eigenvalue weighted by atomic mass is 19.2. The first-order chi connectivity index (χ1) is 17.5. The van der Waals surface area contributed by atoms with Crippen molar-refractivity contribution in [3.05, 3.63) is 70.8 Å². The van der Waals surface area contributed by atoms with E-state index < -0.39 is 40.8 Å². The number of hydrogen-bond donors (Lipinski definition) is 1. The molecule has 2 atom stereocenters. The Morgan fingerprint density at radius 1 is 1.00 bits per heavy atom. The number of likely N-dealkylation sites (tertiary alicyclic amines) is 1. The van der Waals surface area contributed by atoms with Crippen molar-refractivity contribution in [1.82, 2.24) is 9.80 Å². The van der Waals surface area contributed by atoms with Gasteiger partial charge in [-0.25, -0.2) is 8.78 Å². The van der Waals surface area contributed by atoms with E-state index in [0.717, 1.165) is 10.5 Å². The molecule has 2 unspecified atom stereocenters. The number of amides is 3. The lowest BCUT2D eigenvalue weighted by Crippen LogP contribution is -2.46. The van der Waals surface area contributed by atoms with Crippen molar-refractivity contribution in [2.75, 3.05) is 19.6 Å². The Labute approximate surface area is 214 Å². The maximum atomic E-state index is 13.7. The van der Waals surface area contributed by atoms with Gasteiger partial charge in [0.25, 0.3) is 11.8 Å². The molecule has 0 radical (unpaired) electrons. The zero-order valence-electron chi connectivity index (χ0n) is 20.9. The summed E-state index contributed by atoms with van der Waals surface area (Å²) in [6.45, 7) is 4.46. The lowest BCUT2D eigenvalue weighted by atomic mass is 9.67. The minimum atomic E-state index is -1.24. The summed E-state index contributed by atoms with van der Waals surface area (Å²) in [4.78, 5) is 54.3. The molecule has 37 heavy (non-hydrogen) atoms. The lowest BCUT2D eigenvalue weighted by Gasteiger charge is -2.35. The Bertz CT molecular complexity index is 1190. The predicted molar refractivity (Wildman–Crippen MR) is 131 cm³/mol. The molecule has 1 fully saturated rings. The zero-order chi connectivity index (χ0) is 26.9. The van der Waals surface area contributed by atoms with Gasteiger partial charge in [0.15, 0.2) is 11.6 Å². The van der Waals surface area contributed by atoms with Crippen LogP contribution in [0.4, 0.5) is 8.78 Å². The average molecular weight is 513 g/mol. The minimum absolute atomic E-state index is 0.0325. The number of fused-ring (bicyclic) bond motifs is 1. The fraction of sp³-hybridized carbons (Fsp3) is 0.429. The standard InChI is InChI=1S/C28H30F2N2O5/c1-17(2)16-28(10-13-31(27(28)37)11-8-18-6-4-3-5-7-18)21(26(35)36)9-12-32-24(33)19-14-22(29)23(30)15-20(19)25(32)34/h3-7,14-15,17,21H,8-13,16H2,1-2H3,(H,35,36). The highest BCUT2D eigenvalue weighted by molar-refractivity contribution is 6.21. The van der Waals surface area contributed by atoms with E-state index in [9.17, 15) is 33.1 Å². The van der Waals surface area contributed by atoms with Gasteiger partial charge in [-0.15, -0.1) is 0 Å². The maximum absolute atomic E-state index is 13.7. The summed E-state index contributed by atoms with van der Waals surface area (Å²) in [5, 5.41) is 10.2. The summed E-state index contributed by atoms with van der Waals surface area (Å²) in [6.07, 6.45) is 1.21. The Morgan fingerprint density at radius 3 is 2.14 bits per heavy atom. The molecular weight excluding hydrogens is 482 g/mol. The van der Waals surface area contributed by atoms with Crippen molar-refractivity contribution < 1.29 is 33.1 Å². The third-order valence-electron chi connectivity index (χ3n) is 7.44. The van der Waals surface area contributed by atoms with E-state index in [1.54, 1.807) is 4.90 Å². The van der Waals surface area contributed by atoms with E-state index in [1.807, 2.05) is 44.2 Å². The summed E-state index contributed by atoms with van der Waals surface area (Å²) in [7, 11) is 0. The van der Waals surface area contributed by atoms with Crippen molar-refractivity contribution >= 4 is 23.7 Å². The molecule has 3 amide bonds. The van der Waals surface area contributed by atoms with E-state index in [4.69, 9.17) is 0 Å². The number of halogens is 2. The number of nitrogens with zero attached hydrogens (tertiary/aromatic N) is 2. The Kier molecular flexibility index (Phi) is 7.43. The van der Waals surface area contributed by atoms with Crippen molar-refractivity contribution in [3.8, 4) is 0 Å². The molecule has 0 aromatic heterocycles. The topological polar surface area (TPSA) is 95.0 Å². The SMILES string of the molecule is CC(C)CC1(C(CCN2C(=O)c3cc(F)c(F)cc3C2=O)C(=O)O)CCN(CCc2ccccc2)C1=O. The first kappa shape index (κ1) is 26.4. The highest BCUT2D eigenvalue weighted by Gasteiger charge is 2.54. The van der Waals surface area contributed by atoms with Crippen LogP contribution in [0.5, 0.6) is 0 Å². The number of hydrogen-bond acceptors (Lipinski definition) is 4. The highest BCUT2D eigenvalue weighted by Crippen LogP contribution is 2.46. The van der Waals surface area contributed by atoms with Crippen molar-refractivity contribution in [2.24, 2.45) is 17.3 Å². The van der Waals surface area contributed by atoms with Gasteiger partial charge in [0.2, 0.25) is 5.91 Å². The molecule has 9 heteroatoms. The fourth-order valence-electron chi connectivity index (χ4n) is 5.74. The molecule has 0 aliphatic carbocycles. The van der Waals surface area contributed by atoms with Gasteiger partial charge in [0, 0.05) is 19.6 Å². The molecule has 2 aromatic carbocycles. The maximum Gasteiger partial charge on any atom is 0.307 e. The third-order valence-corrected chi connectivity index (χ3v) is 7.44. The van der Waals surface area contributed by atoms with Crippen LogP contribution in [0, 0.1) is 28.9 Å². The number of rotatable bonds is 10. The number of carboxylic acids is 1. The van der Waals surface area contributed by atoms with Gasteiger partial charge in [-0.2, -0.15) is 0 Å². The number of benzene rings is 2. The summed E-state index contributed by atoms with van der Waals surface area (Å²) < 4.78 is 27.3. The van der Waals surface area contributed by atoms with Crippen LogP contribution >= 0.6 is 0 Å². The molecule has 0 saturated carbocycles. The normalized spacial score (nSPS) is 20.2. The van der Waals surface area contributed by atoms with Gasteiger partial charge in [0.1, 0.15) is 0 Å². The van der Waals surface area contributed by atoms with E-state index >= 15 is 0 Å². The predicted octanol–water partition coefficient (Wildman–Crippen LogP) is 4.16. The zero-order valence-corrected chi connectivity index (χ0v) is 20.9. The van der Waals surface area contributed by atoms with Crippen LogP contribution in [-0.2, 0) is 16.0 Å². The second kappa shape index (κ2) is 10.4. The number of carbonyl (C=O) groups is 4. The average Bonchev–Trinajstić information content (AvgIpc) is 3.27. The van der Waals surface area contributed by atoms with Gasteiger partial charge in [-0.05, 0) is 49.3 Å². The van der Waals surface area contributed by atoms with Gasteiger partial charge in [0.05, 0.1) is 22.5 Å². The lowest BCUT2D eigenvalue weighted by molar-refractivity contribution is -0.155. The van der Waals surface area contributed by atoms with Crippen LogP contribution in [0.15, 0.2) is 42.5 Å². The molecule has 0 bridgehead atoms. The van der Waals surface area contributed by atoms with Crippen LogP contribution < -0.4 is 0 Å². The first-order valence-corrected chi connectivity index (χ1v) is 12.5. The van der Waals surface area contributed by atoms with Crippen LogP contribution in [0.25, 0.3) is 0 Å². The Hall–Kier alpha value is -3.62. The van der Waals surface area contributed by atoms with Gasteiger partial charge in [-0.1, -0.05) is 44.2 Å². The number of carbonyl (C=O) groups excluding carboxylic acids is 3. The quantitative estimate of drug-likeness (QED) is 0.483. The second-order valence-electron chi connectivity index (χ2n) is 10.3. The second-order valence-corrected chi connectivity index (χ2v) is 10.3. The largest absolute Gasteiger partial charge is 0.481 e. The molecule has 2 heterocycles. The van der Waals surface area contributed by atoms with Crippen molar-refractivity contribution in [1.29, 1.82) is 0 Å². The number of imide groups is 1. The van der Waals surface area contributed by atoms with Crippen molar-refractivity contribution in [3.63, 3.8) is 0 Å². The first-order valence-electron chi connectivity index (χ1n) is 12.5. The molecule has 196 valence electrons. The van der Waals surface area contributed by atoms with Crippen LogP contribution in [0.2, 0.25) is 0 Å². The summed E-state index contributed by atoms with van der Waals surface area (Å²) in [5.41, 5.74) is -0.605. The van der Waals surface area contributed by atoms with E-state index in [1.165, 1.54) is 0 Å². The molecule has 4 rings (SSSR count). The van der Waals surface area contributed by atoms with E-state index in [-0.39, 0.29) is 35.9 Å². The summed E-state index contributed by atoms with van der Waals surface area (Å²) >= 11 is 0. The Balaban J connectivity index is 1.54. The van der Waals surface area contributed by atoms with E-state index in [0.29, 0.717) is 44.5 Å². The summed E-state index contributed by atoms with van der Waals surface area (Å²) in [6, 6.07) is 11.1. The molecule has 7 nitrogen and oxygen atoms in total. The van der Waals surface area contributed by atoms with Gasteiger partial charge < -0.3 is 10.0 Å². The number of aliphatic carboxylic acids is 1. The molecule has 2 aliphatic rings. The minimum Gasteiger partial charge on any atom is -0.481 e. The summed E-state index contributed by atoms with van der Waals surface area (Å²) in [5.74, 6) is -6.59. The monoisotopic (exact) mass is 512 g/mol. The molecule has 1 N–H and O–H groups in total. The molecular formula is C28H30F2N2O5. The van der Waals surface area contributed by atoms with Crippen LogP contribution in [0.3, 0.4) is 0 Å². The molecule has 1 saturated heterocycles.